The largest absolute Gasteiger partial charge is 0.382 e. The molecule has 1 aliphatic rings. The molecule has 0 saturated heterocycles. The van der Waals surface area contributed by atoms with E-state index in [0.717, 1.165) is 17.8 Å². The van der Waals surface area contributed by atoms with E-state index in [1.54, 1.807) is 0 Å². The topological polar surface area (TPSA) is 106 Å². The van der Waals surface area contributed by atoms with Crippen LogP contribution in [0.4, 0.5) is 5.82 Å². The van der Waals surface area contributed by atoms with Gasteiger partial charge < -0.3 is 16.5 Å². The van der Waals surface area contributed by atoms with Crippen LogP contribution in [0.25, 0.3) is 11.2 Å². The number of nitrogens with two attached hydrogens (primary N) is 2. The number of rotatable bonds is 3. The summed E-state index contributed by atoms with van der Waals surface area (Å²) in [6.45, 7) is 0.713. The Labute approximate surface area is 98.8 Å². The van der Waals surface area contributed by atoms with Crippen molar-refractivity contribution in [1.82, 2.24) is 19.9 Å². The summed E-state index contributed by atoms with van der Waals surface area (Å²) in [5.41, 5.74) is 13.2. The lowest BCUT2D eigenvalue weighted by molar-refractivity contribution is 0.142. The zero-order valence-corrected chi connectivity index (χ0v) is 9.61. The van der Waals surface area contributed by atoms with Crippen molar-refractivity contribution in [3.8, 4) is 0 Å². The third-order valence-corrected chi connectivity index (χ3v) is 3.76. The molecule has 90 valence electrons. The van der Waals surface area contributed by atoms with Gasteiger partial charge in [-0.2, -0.15) is 0 Å². The normalized spacial score (nSPS) is 18.2. The average molecular weight is 232 g/mol. The maximum Gasteiger partial charge on any atom is 0.183 e. The van der Waals surface area contributed by atoms with Crippen molar-refractivity contribution < 1.29 is 0 Å². The highest BCUT2D eigenvalue weighted by atomic mass is 15.0. The van der Waals surface area contributed by atoms with Crippen molar-refractivity contribution in [2.75, 3.05) is 12.3 Å². The number of hydrogen-bond donors (Lipinski definition) is 3. The van der Waals surface area contributed by atoms with Gasteiger partial charge in [0.2, 0.25) is 0 Å². The van der Waals surface area contributed by atoms with Crippen molar-refractivity contribution in [1.29, 1.82) is 0 Å². The average Bonchev–Trinajstić information content (AvgIpc) is 2.68. The van der Waals surface area contributed by atoms with E-state index < -0.39 is 0 Å². The number of hydrogen-bond acceptors (Lipinski definition) is 5. The SMILES string of the molecule is NCC1(Cc2nc3ncnc(N)c3[nH]2)CCC1. The molecule has 0 unspecified atom stereocenters. The summed E-state index contributed by atoms with van der Waals surface area (Å²) >= 11 is 0. The molecule has 0 aliphatic heterocycles. The number of anilines is 1. The van der Waals surface area contributed by atoms with Gasteiger partial charge in [0.15, 0.2) is 11.5 Å². The number of nitrogens with one attached hydrogen (secondary N) is 1. The molecule has 2 heterocycles. The molecule has 2 aromatic rings. The Morgan fingerprint density at radius 2 is 2.18 bits per heavy atom. The quantitative estimate of drug-likeness (QED) is 0.718. The smallest absolute Gasteiger partial charge is 0.183 e. The van der Waals surface area contributed by atoms with Gasteiger partial charge in [-0.15, -0.1) is 0 Å². The molecular formula is C11H16N6. The molecule has 0 radical (unpaired) electrons. The summed E-state index contributed by atoms with van der Waals surface area (Å²) in [5, 5.41) is 0. The minimum Gasteiger partial charge on any atom is -0.382 e. The van der Waals surface area contributed by atoms with E-state index in [4.69, 9.17) is 11.5 Å². The first-order valence-electron chi connectivity index (χ1n) is 5.88. The number of H-pyrrole nitrogens is 1. The second-order valence-corrected chi connectivity index (χ2v) is 4.88. The molecule has 5 N–H and O–H groups in total. The molecule has 3 rings (SSSR count). The van der Waals surface area contributed by atoms with Gasteiger partial charge in [0.1, 0.15) is 17.7 Å². The Balaban J connectivity index is 1.93. The Kier molecular flexibility index (Phi) is 2.25. The molecule has 1 fully saturated rings. The molecule has 2 aromatic heterocycles. The van der Waals surface area contributed by atoms with Gasteiger partial charge in [-0.1, -0.05) is 6.42 Å². The van der Waals surface area contributed by atoms with Gasteiger partial charge in [0, 0.05) is 6.42 Å². The summed E-state index contributed by atoms with van der Waals surface area (Å²) in [5.74, 6) is 1.36. The van der Waals surface area contributed by atoms with Crippen molar-refractivity contribution >= 4 is 17.0 Å². The lowest BCUT2D eigenvalue weighted by Gasteiger charge is -2.40. The molecule has 6 heteroatoms. The van der Waals surface area contributed by atoms with E-state index in [1.165, 1.54) is 25.6 Å². The maximum absolute atomic E-state index is 5.85. The summed E-state index contributed by atoms with van der Waals surface area (Å²) in [6, 6.07) is 0. The highest BCUT2D eigenvalue weighted by molar-refractivity contribution is 5.80. The first-order valence-corrected chi connectivity index (χ1v) is 5.88. The summed E-state index contributed by atoms with van der Waals surface area (Å²) < 4.78 is 0. The zero-order valence-electron chi connectivity index (χ0n) is 9.61. The maximum atomic E-state index is 5.85. The molecule has 0 bridgehead atoms. The molecule has 1 saturated carbocycles. The molecule has 17 heavy (non-hydrogen) atoms. The van der Waals surface area contributed by atoms with Crippen LogP contribution in [0.2, 0.25) is 0 Å². The van der Waals surface area contributed by atoms with Gasteiger partial charge in [-0.05, 0) is 24.8 Å². The van der Waals surface area contributed by atoms with Crippen LogP contribution < -0.4 is 11.5 Å². The molecule has 0 spiro atoms. The van der Waals surface area contributed by atoms with E-state index in [0.29, 0.717) is 18.0 Å². The van der Waals surface area contributed by atoms with Crippen LogP contribution >= 0.6 is 0 Å². The number of aromatic nitrogens is 4. The molecule has 6 nitrogen and oxygen atoms in total. The third-order valence-electron chi connectivity index (χ3n) is 3.76. The summed E-state index contributed by atoms with van der Waals surface area (Å²) in [6.07, 6.45) is 5.94. The number of imidazole rings is 1. The van der Waals surface area contributed by atoms with Crippen LogP contribution in [0.3, 0.4) is 0 Å². The number of nitrogen functional groups attached to an aromatic ring is 1. The van der Waals surface area contributed by atoms with Gasteiger partial charge in [-0.25, -0.2) is 15.0 Å². The monoisotopic (exact) mass is 232 g/mol. The minimum absolute atomic E-state index is 0.232. The minimum atomic E-state index is 0.232. The number of aromatic amines is 1. The molecular weight excluding hydrogens is 216 g/mol. The van der Waals surface area contributed by atoms with Crippen LogP contribution in [0.1, 0.15) is 25.1 Å². The summed E-state index contributed by atoms with van der Waals surface area (Å²) in [7, 11) is 0. The standard InChI is InChI=1S/C11H16N6/c12-5-11(2-1-3-11)4-7-16-8-9(13)14-6-15-10(8)17-7/h6H,1-5,12H2,(H3,13,14,15,16,17). The Morgan fingerprint density at radius 1 is 1.35 bits per heavy atom. The highest BCUT2D eigenvalue weighted by Gasteiger charge is 2.36. The number of nitrogens with zero attached hydrogens (tertiary/aromatic N) is 3. The van der Waals surface area contributed by atoms with Gasteiger partial charge in [-0.3, -0.25) is 0 Å². The highest BCUT2D eigenvalue weighted by Crippen LogP contribution is 2.42. The van der Waals surface area contributed by atoms with E-state index in [1.807, 2.05) is 0 Å². The van der Waals surface area contributed by atoms with Crippen molar-refractivity contribution in [2.24, 2.45) is 11.1 Å². The Bertz CT molecular complexity index is 536. The zero-order chi connectivity index (χ0) is 11.9. The Hall–Kier alpha value is -1.69. The van der Waals surface area contributed by atoms with Gasteiger partial charge >= 0.3 is 0 Å². The molecule has 0 atom stereocenters. The second-order valence-electron chi connectivity index (χ2n) is 4.88. The first kappa shape index (κ1) is 10.5. The predicted octanol–water partition coefficient (Wildman–Crippen LogP) is 0.607. The fraction of sp³-hybridized carbons (Fsp3) is 0.545. The van der Waals surface area contributed by atoms with E-state index in [2.05, 4.69) is 19.9 Å². The molecule has 1 aliphatic carbocycles. The van der Waals surface area contributed by atoms with Crippen molar-refractivity contribution in [3.05, 3.63) is 12.2 Å². The van der Waals surface area contributed by atoms with Gasteiger partial charge in [0.05, 0.1) is 0 Å². The lowest BCUT2D eigenvalue weighted by Crippen LogP contribution is -2.39. The first-order chi connectivity index (χ1) is 8.22. The van der Waals surface area contributed by atoms with Crippen LogP contribution in [0.15, 0.2) is 6.33 Å². The Morgan fingerprint density at radius 3 is 2.76 bits per heavy atom. The van der Waals surface area contributed by atoms with E-state index >= 15 is 0 Å². The lowest BCUT2D eigenvalue weighted by atomic mass is 9.66. The van der Waals surface area contributed by atoms with Crippen LogP contribution in [0.5, 0.6) is 0 Å². The van der Waals surface area contributed by atoms with Gasteiger partial charge in [0.25, 0.3) is 0 Å². The van der Waals surface area contributed by atoms with Crippen molar-refractivity contribution in [2.45, 2.75) is 25.7 Å². The van der Waals surface area contributed by atoms with Crippen LogP contribution in [-0.4, -0.2) is 26.5 Å². The third kappa shape index (κ3) is 1.64. The fourth-order valence-electron chi connectivity index (χ4n) is 2.46. The molecule has 0 aromatic carbocycles. The summed E-state index contributed by atoms with van der Waals surface area (Å²) in [4.78, 5) is 15.7. The van der Waals surface area contributed by atoms with Crippen LogP contribution in [-0.2, 0) is 6.42 Å². The van der Waals surface area contributed by atoms with Crippen molar-refractivity contribution in [3.63, 3.8) is 0 Å². The number of fused-ring (bicyclic) bond motifs is 1. The van der Waals surface area contributed by atoms with Crippen LogP contribution in [0, 0.1) is 5.41 Å². The fourth-order valence-corrected chi connectivity index (χ4v) is 2.46. The molecule has 0 amide bonds. The van der Waals surface area contributed by atoms with E-state index in [9.17, 15) is 0 Å². The second kappa shape index (κ2) is 3.66. The van der Waals surface area contributed by atoms with E-state index in [-0.39, 0.29) is 5.41 Å². The predicted molar refractivity (Wildman–Crippen MR) is 65.1 cm³/mol.